The van der Waals surface area contributed by atoms with E-state index in [0.717, 1.165) is 32.4 Å². The van der Waals surface area contributed by atoms with Gasteiger partial charge in [-0.3, -0.25) is 14.6 Å². The number of rotatable bonds is 8. The van der Waals surface area contributed by atoms with Crippen molar-refractivity contribution < 1.29 is 9.59 Å². The van der Waals surface area contributed by atoms with Gasteiger partial charge in [-0.2, -0.15) is 9.78 Å². The number of carbonyl (C=O) groups excluding carboxylic acids is 2. The second-order valence-electron chi connectivity index (χ2n) is 9.54. The van der Waals surface area contributed by atoms with Gasteiger partial charge < -0.3 is 15.5 Å². The topological polar surface area (TPSA) is 105 Å². The van der Waals surface area contributed by atoms with E-state index in [2.05, 4.69) is 30.6 Å². The first kappa shape index (κ1) is 26.4. The Balaban J connectivity index is 1.25. The van der Waals surface area contributed by atoms with E-state index >= 15 is 0 Å². The highest BCUT2D eigenvalue weighted by Gasteiger charge is 2.25. The Labute approximate surface area is 232 Å². The van der Waals surface area contributed by atoms with Crippen molar-refractivity contribution in [3.8, 4) is 5.82 Å². The minimum absolute atomic E-state index is 0.239. The number of carbonyl (C=O) groups is 2. The number of halogens is 1. The van der Waals surface area contributed by atoms with Crippen molar-refractivity contribution in [2.75, 3.05) is 29.9 Å². The second kappa shape index (κ2) is 12.1. The predicted octanol–water partition coefficient (Wildman–Crippen LogP) is 4.91. The largest absolute Gasteiger partial charge is 0.371 e. The van der Waals surface area contributed by atoms with Gasteiger partial charge in [-0.25, -0.2) is 4.98 Å². The van der Waals surface area contributed by atoms with Crippen LogP contribution in [0.5, 0.6) is 0 Å². The van der Waals surface area contributed by atoms with Crippen molar-refractivity contribution in [1.29, 1.82) is 0 Å². The summed E-state index contributed by atoms with van der Waals surface area (Å²) in [5.74, 6) is 0.707. The molecule has 200 valence electrons. The first-order valence-electron chi connectivity index (χ1n) is 13.0. The Morgan fingerprint density at radius 1 is 0.974 bits per heavy atom. The first-order chi connectivity index (χ1) is 19.0. The van der Waals surface area contributed by atoms with Gasteiger partial charge in [0, 0.05) is 49.5 Å². The quantitative estimate of drug-likeness (QED) is 0.327. The first-order valence-corrected chi connectivity index (χ1v) is 13.4. The minimum atomic E-state index is -0.397. The number of aromatic nitrogens is 4. The normalized spacial score (nSPS) is 13.7. The zero-order chi connectivity index (χ0) is 27.2. The highest BCUT2D eigenvalue weighted by Crippen LogP contribution is 2.26. The molecule has 0 saturated carbocycles. The molecule has 0 spiro atoms. The third-order valence-electron chi connectivity index (χ3n) is 7.03. The van der Waals surface area contributed by atoms with Gasteiger partial charge in [0.05, 0.1) is 10.6 Å². The maximum atomic E-state index is 13.2. The SMILES string of the molecule is Cc1c(C(=O)NCCC2CCN(c3ccncc3)CC2)nn(-c2ccccn2)c1NC(=O)c1ccccc1Cl. The van der Waals surface area contributed by atoms with Gasteiger partial charge in [-0.05, 0) is 68.5 Å². The van der Waals surface area contributed by atoms with Crippen molar-refractivity contribution in [1.82, 2.24) is 25.1 Å². The van der Waals surface area contributed by atoms with Crippen LogP contribution < -0.4 is 15.5 Å². The summed E-state index contributed by atoms with van der Waals surface area (Å²) in [6.07, 6.45) is 8.31. The van der Waals surface area contributed by atoms with E-state index in [4.69, 9.17) is 11.6 Å². The number of anilines is 2. The Bertz CT molecular complexity index is 1430. The lowest BCUT2D eigenvalue weighted by Crippen LogP contribution is -2.35. The summed E-state index contributed by atoms with van der Waals surface area (Å²) in [4.78, 5) is 37.1. The van der Waals surface area contributed by atoms with E-state index in [1.807, 2.05) is 30.6 Å². The number of pyridine rings is 2. The summed E-state index contributed by atoms with van der Waals surface area (Å²) >= 11 is 6.23. The van der Waals surface area contributed by atoms with Gasteiger partial charge in [-0.1, -0.05) is 29.8 Å². The van der Waals surface area contributed by atoms with E-state index in [9.17, 15) is 9.59 Å². The predicted molar refractivity (Wildman–Crippen MR) is 152 cm³/mol. The number of piperidine rings is 1. The van der Waals surface area contributed by atoms with Crippen molar-refractivity contribution in [2.45, 2.75) is 26.2 Å². The number of amides is 2. The Morgan fingerprint density at radius 3 is 2.44 bits per heavy atom. The van der Waals surface area contributed by atoms with Crippen LogP contribution >= 0.6 is 11.6 Å². The molecule has 0 radical (unpaired) electrons. The molecule has 1 fully saturated rings. The average molecular weight is 544 g/mol. The van der Waals surface area contributed by atoms with Crippen LogP contribution in [0.4, 0.5) is 11.5 Å². The molecule has 1 aliphatic rings. The van der Waals surface area contributed by atoms with Crippen molar-refractivity contribution in [3.05, 3.63) is 95.0 Å². The van der Waals surface area contributed by atoms with E-state index < -0.39 is 5.91 Å². The summed E-state index contributed by atoms with van der Waals surface area (Å²) < 4.78 is 1.48. The van der Waals surface area contributed by atoms with Crippen LogP contribution in [0.3, 0.4) is 0 Å². The van der Waals surface area contributed by atoms with Crippen LogP contribution in [-0.4, -0.2) is 51.2 Å². The molecule has 0 bridgehead atoms. The van der Waals surface area contributed by atoms with Gasteiger partial charge in [0.15, 0.2) is 11.5 Å². The molecule has 0 unspecified atom stereocenters. The lowest BCUT2D eigenvalue weighted by molar-refractivity contribution is 0.0943. The summed E-state index contributed by atoms with van der Waals surface area (Å²) in [6, 6.07) is 16.2. The van der Waals surface area contributed by atoms with Crippen LogP contribution in [0.15, 0.2) is 73.2 Å². The molecule has 2 amide bonds. The molecule has 39 heavy (non-hydrogen) atoms. The summed E-state index contributed by atoms with van der Waals surface area (Å²) in [5, 5.41) is 10.8. The molecule has 1 aromatic carbocycles. The molecule has 2 N–H and O–H groups in total. The number of nitrogens with one attached hydrogen (secondary N) is 2. The molecule has 1 aliphatic heterocycles. The Morgan fingerprint density at radius 2 is 1.72 bits per heavy atom. The molecule has 4 heterocycles. The third kappa shape index (κ3) is 6.09. The van der Waals surface area contributed by atoms with Gasteiger partial charge in [0.1, 0.15) is 5.82 Å². The number of hydrogen-bond acceptors (Lipinski definition) is 6. The molecular weight excluding hydrogens is 514 g/mol. The van der Waals surface area contributed by atoms with Crippen molar-refractivity contribution in [2.24, 2.45) is 5.92 Å². The fourth-order valence-corrected chi connectivity index (χ4v) is 5.05. The van der Waals surface area contributed by atoms with Gasteiger partial charge in [-0.15, -0.1) is 0 Å². The van der Waals surface area contributed by atoms with E-state index in [1.165, 1.54) is 10.4 Å². The highest BCUT2D eigenvalue weighted by molar-refractivity contribution is 6.34. The molecule has 9 nitrogen and oxygen atoms in total. The molecule has 4 aromatic rings. The number of benzene rings is 1. The number of nitrogens with zero attached hydrogens (tertiary/aromatic N) is 5. The zero-order valence-corrected chi connectivity index (χ0v) is 22.4. The molecular formula is C29H30ClN7O2. The minimum Gasteiger partial charge on any atom is -0.371 e. The van der Waals surface area contributed by atoms with Crippen LogP contribution in [0.2, 0.25) is 5.02 Å². The molecule has 3 aromatic heterocycles. The third-order valence-corrected chi connectivity index (χ3v) is 7.36. The molecule has 5 rings (SSSR count). The molecule has 0 aliphatic carbocycles. The van der Waals surface area contributed by atoms with Gasteiger partial charge >= 0.3 is 0 Å². The lowest BCUT2D eigenvalue weighted by atomic mass is 9.93. The summed E-state index contributed by atoms with van der Waals surface area (Å²) in [6.45, 7) is 4.30. The molecule has 10 heteroatoms. The second-order valence-corrected chi connectivity index (χ2v) is 9.94. The standard InChI is InChI=1S/C29H30ClN7O2/c1-20-26(29(39)33-17-9-21-12-18-36(19-13-21)22-10-15-31-16-11-22)35-37(25-8-4-5-14-32-25)27(20)34-28(38)23-6-2-3-7-24(23)30/h2-8,10-11,14-16,21H,9,12-13,17-19H2,1H3,(H,33,39)(H,34,38). The van der Waals surface area contributed by atoms with Crippen LogP contribution in [-0.2, 0) is 0 Å². The fourth-order valence-electron chi connectivity index (χ4n) is 4.83. The summed E-state index contributed by atoms with van der Waals surface area (Å²) in [7, 11) is 0. The maximum Gasteiger partial charge on any atom is 0.272 e. The highest BCUT2D eigenvalue weighted by atomic mass is 35.5. The smallest absolute Gasteiger partial charge is 0.272 e. The fraction of sp³-hybridized carbons (Fsp3) is 0.276. The van der Waals surface area contributed by atoms with Crippen molar-refractivity contribution in [3.63, 3.8) is 0 Å². The Kier molecular flexibility index (Phi) is 8.17. The van der Waals surface area contributed by atoms with Crippen LogP contribution in [0.1, 0.15) is 45.7 Å². The van der Waals surface area contributed by atoms with E-state index in [-0.39, 0.29) is 11.6 Å². The van der Waals surface area contributed by atoms with E-state index in [0.29, 0.717) is 40.2 Å². The lowest BCUT2D eigenvalue weighted by Gasteiger charge is -2.33. The molecule has 1 saturated heterocycles. The van der Waals surface area contributed by atoms with Crippen LogP contribution in [0.25, 0.3) is 5.82 Å². The van der Waals surface area contributed by atoms with Gasteiger partial charge in [0.2, 0.25) is 0 Å². The zero-order valence-electron chi connectivity index (χ0n) is 21.7. The maximum absolute atomic E-state index is 13.2. The van der Waals surface area contributed by atoms with Crippen molar-refractivity contribution >= 4 is 34.9 Å². The Hall–Kier alpha value is -4.24. The molecule has 0 atom stereocenters. The average Bonchev–Trinajstić information content (AvgIpc) is 3.30. The van der Waals surface area contributed by atoms with Crippen LogP contribution in [0, 0.1) is 12.8 Å². The van der Waals surface area contributed by atoms with Gasteiger partial charge in [0.25, 0.3) is 11.8 Å². The number of hydrogen-bond donors (Lipinski definition) is 2. The monoisotopic (exact) mass is 543 g/mol. The summed E-state index contributed by atoms with van der Waals surface area (Å²) in [5.41, 5.74) is 2.31. The van der Waals surface area contributed by atoms with E-state index in [1.54, 1.807) is 49.5 Å².